The molecule has 0 radical (unpaired) electrons. The molecule has 0 saturated heterocycles. The van der Waals surface area contributed by atoms with Crippen LogP contribution in [0.1, 0.15) is 31.4 Å². The summed E-state index contributed by atoms with van der Waals surface area (Å²) in [6, 6.07) is 16.7. The second-order valence-corrected chi connectivity index (χ2v) is 4.80. The molecule has 0 unspecified atom stereocenters. The number of rotatable bonds is 7. The van der Waals surface area contributed by atoms with E-state index in [1.54, 1.807) is 0 Å². The Kier molecular flexibility index (Phi) is 5.48. The van der Waals surface area contributed by atoms with Crippen LogP contribution in [0, 0.1) is 0 Å². The van der Waals surface area contributed by atoms with Crippen LogP contribution in [0.15, 0.2) is 48.5 Å². The summed E-state index contributed by atoms with van der Waals surface area (Å²) in [7, 11) is 0. The fourth-order valence-electron chi connectivity index (χ4n) is 2.32. The van der Waals surface area contributed by atoms with Gasteiger partial charge in [0.2, 0.25) is 0 Å². The second kappa shape index (κ2) is 7.59. The minimum atomic E-state index is 0.698. The summed E-state index contributed by atoms with van der Waals surface area (Å²) in [5.74, 6) is 0.968. The van der Waals surface area contributed by atoms with Gasteiger partial charge in [0.25, 0.3) is 0 Å². The van der Waals surface area contributed by atoms with Gasteiger partial charge in [0, 0.05) is 17.8 Å². The molecule has 1 N–H and O–H groups in total. The van der Waals surface area contributed by atoms with E-state index >= 15 is 0 Å². The van der Waals surface area contributed by atoms with Crippen LogP contribution in [-0.2, 0) is 13.0 Å². The minimum absolute atomic E-state index is 0.698. The van der Waals surface area contributed by atoms with Gasteiger partial charge in [0.1, 0.15) is 5.75 Å². The molecule has 0 aromatic heterocycles. The van der Waals surface area contributed by atoms with Crippen molar-refractivity contribution in [3.05, 3.63) is 59.7 Å². The van der Waals surface area contributed by atoms with Gasteiger partial charge < -0.3 is 10.1 Å². The first-order valence-corrected chi connectivity index (χ1v) is 7.37. The molecule has 2 aromatic rings. The van der Waals surface area contributed by atoms with Gasteiger partial charge in [-0.15, -0.1) is 0 Å². The van der Waals surface area contributed by atoms with Gasteiger partial charge in [0.05, 0.1) is 6.61 Å². The van der Waals surface area contributed by atoms with Crippen molar-refractivity contribution in [2.75, 3.05) is 11.9 Å². The monoisotopic (exact) mass is 269 g/mol. The predicted molar refractivity (Wildman–Crippen MR) is 85.4 cm³/mol. The van der Waals surface area contributed by atoms with E-state index < -0.39 is 0 Å². The zero-order chi connectivity index (χ0) is 14.2. The van der Waals surface area contributed by atoms with Gasteiger partial charge in [-0.25, -0.2) is 0 Å². The lowest BCUT2D eigenvalue weighted by atomic mass is 10.1. The number of ether oxygens (including phenoxy) is 1. The lowest BCUT2D eigenvalue weighted by molar-refractivity contribution is 0.337. The number of anilines is 1. The molecule has 0 aliphatic carbocycles. The molecule has 0 spiro atoms. The molecule has 0 aliphatic heterocycles. The standard InChI is InChI=1S/C18H23NO/c1-3-9-15-10-5-7-12-17(15)19-14-16-11-6-8-13-18(16)20-4-2/h5-8,10-13,19H,3-4,9,14H2,1-2H3. The molecule has 0 fully saturated rings. The Hall–Kier alpha value is -1.96. The molecule has 0 aliphatic rings. The Morgan fingerprint density at radius 3 is 2.35 bits per heavy atom. The Bertz CT molecular complexity index is 487. The average Bonchev–Trinajstić information content (AvgIpc) is 2.48. The maximum absolute atomic E-state index is 5.66. The maximum atomic E-state index is 5.66. The fraction of sp³-hybridized carbons (Fsp3) is 0.333. The van der Waals surface area contributed by atoms with Crippen molar-refractivity contribution in [3.63, 3.8) is 0 Å². The van der Waals surface area contributed by atoms with Crippen molar-refractivity contribution >= 4 is 5.69 Å². The number of hydrogen-bond donors (Lipinski definition) is 1. The number of hydrogen-bond acceptors (Lipinski definition) is 2. The van der Waals surface area contributed by atoms with E-state index in [1.807, 2.05) is 19.1 Å². The minimum Gasteiger partial charge on any atom is -0.494 e. The van der Waals surface area contributed by atoms with Crippen LogP contribution < -0.4 is 10.1 Å². The van der Waals surface area contributed by atoms with Crippen LogP contribution in [-0.4, -0.2) is 6.61 Å². The topological polar surface area (TPSA) is 21.3 Å². The second-order valence-electron chi connectivity index (χ2n) is 4.80. The SMILES string of the molecule is CCCc1ccccc1NCc1ccccc1OCC. The Morgan fingerprint density at radius 2 is 1.60 bits per heavy atom. The molecule has 2 heteroatoms. The molecular weight excluding hydrogens is 246 g/mol. The Balaban J connectivity index is 2.09. The maximum Gasteiger partial charge on any atom is 0.124 e. The van der Waals surface area contributed by atoms with E-state index in [9.17, 15) is 0 Å². The van der Waals surface area contributed by atoms with Crippen LogP contribution >= 0.6 is 0 Å². The fourth-order valence-corrected chi connectivity index (χ4v) is 2.32. The van der Waals surface area contributed by atoms with Crippen LogP contribution in [0.5, 0.6) is 5.75 Å². The normalized spacial score (nSPS) is 10.3. The van der Waals surface area contributed by atoms with Gasteiger partial charge in [-0.3, -0.25) is 0 Å². The molecule has 0 atom stereocenters. The zero-order valence-electron chi connectivity index (χ0n) is 12.4. The molecule has 106 valence electrons. The number of nitrogens with one attached hydrogen (secondary N) is 1. The van der Waals surface area contributed by atoms with Crippen molar-refractivity contribution < 1.29 is 4.74 Å². The summed E-state index contributed by atoms with van der Waals surface area (Å²) in [6.07, 6.45) is 2.27. The van der Waals surface area contributed by atoms with Crippen molar-refractivity contribution in [2.45, 2.75) is 33.2 Å². The molecule has 0 saturated carbocycles. The quantitative estimate of drug-likeness (QED) is 0.790. The lowest BCUT2D eigenvalue weighted by Crippen LogP contribution is -2.05. The van der Waals surface area contributed by atoms with Crippen LogP contribution in [0.3, 0.4) is 0 Å². The summed E-state index contributed by atoms with van der Waals surface area (Å²) in [5.41, 5.74) is 3.80. The summed E-state index contributed by atoms with van der Waals surface area (Å²) in [4.78, 5) is 0. The highest BCUT2D eigenvalue weighted by Crippen LogP contribution is 2.22. The molecule has 2 nitrogen and oxygen atoms in total. The molecule has 2 rings (SSSR count). The third kappa shape index (κ3) is 3.77. The van der Waals surface area contributed by atoms with Crippen molar-refractivity contribution in [3.8, 4) is 5.75 Å². The Labute approximate surface area is 121 Å². The van der Waals surface area contributed by atoms with E-state index in [1.165, 1.54) is 16.8 Å². The smallest absolute Gasteiger partial charge is 0.124 e. The van der Waals surface area contributed by atoms with Gasteiger partial charge in [-0.05, 0) is 31.0 Å². The highest BCUT2D eigenvalue weighted by Gasteiger charge is 2.04. The van der Waals surface area contributed by atoms with Crippen molar-refractivity contribution in [1.29, 1.82) is 0 Å². The van der Waals surface area contributed by atoms with Crippen LogP contribution in [0.2, 0.25) is 0 Å². The molecule has 20 heavy (non-hydrogen) atoms. The molecule has 2 aromatic carbocycles. The van der Waals surface area contributed by atoms with Gasteiger partial charge in [-0.2, -0.15) is 0 Å². The first-order chi connectivity index (χ1) is 9.85. The first kappa shape index (κ1) is 14.4. The molecular formula is C18H23NO. The van der Waals surface area contributed by atoms with E-state index in [0.29, 0.717) is 6.61 Å². The number of aryl methyl sites for hydroxylation is 1. The van der Waals surface area contributed by atoms with E-state index in [0.717, 1.165) is 25.1 Å². The average molecular weight is 269 g/mol. The zero-order valence-corrected chi connectivity index (χ0v) is 12.4. The highest BCUT2D eigenvalue weighted by molar-refractivity contribution is 5.52. The predicted octanol–water partition coefficient (Wildman–Crippen LogP) is 4.65. The molecule has 0 amide bonds. The number of benzene rings is 2. The summed E-state index contributed by atoms with van der Waals surface area (Å²) in [5, 5.41) is 3.53. The highest BCUT2D eigenvalue weighted by atomic mass is 16.5. The van der Waals surface area contributed by atoms with Crippen LogP contribution in [0.4, 0.5) is 5.69 Å². The Morgan fingerprint density at radius 1 is 0.900 bits per heavy atom. The third-order valence-corrected chi connectivity index (χ3v) is 3.28. The molecule has 0 bridgehead atoms. The van der Waals surface area contributed by atoms with Gasteiger partial charge in [-0.1, -0.05) is 49.7 Å². The van der Waals surface area contributed by atoms with Gasteiger partial charge >= 0.3 is 0 Å². The number of para-hydroxylation sites is 2. The van der Waals surface area contributed by atoms with Crippen molar-refractivity contribution in [1.82, 2.24) is 0 Å². The lowest BCUT2D eigenvalue weighted by Gasteiger charge is -2.14. The third-order valence-electron chi connectivity index (χ3n) is 3.28. The van der Waals surface area contributed by atoms with E-state index in [4.69, 9.17) is 4.74 Å². The molecule has 0 heterocycles. The van der Waals surface area contributed by atoms with Gasteiger partial charge in [0.15, 0.2) is 0 Å². The van der Waals surface area contributed by atoms with E-state index in [2.05, 4.69) is 48.6 Å². The largest absolute Gasteiger partial charge is 0.494 e. The van der Waals surface area contributed by atoms with Crippen LogP contribution in [0.25, 0.3) is 0 Å². The summed E-state index contributed by atoms with van der Waals surface area (Å²) < 4.78 is 5.66. The first-order valence-electron chi connectivity index (χ1n) is 7.37. The van der Waals surface area contributed by atoms with Crippen molar-refractivity contribution in [2.24, 2.45) is 0 Å². The summed E-state index contributed by atoms with van der Waals surface area (Å²) in [6.45, 7) is 5.71. The summed E-state index contributed by atoms with van der Waals surface area (Å²) >= 11 is 0. The van der Waals surface area contributed by atoms with E-state index in [-0.39, 0.29) is 0 Å².